The van der Waals surface area contributed by atoms with Crippen molar-refractivity contribution in [2.75, 3.05) is 16.8 Å². The van der Waals surface area contributed by atoms with E-state index in [4.69, 9.17) is 0 Å². The monoisotopic (exact) mass is 256 g/mol. The van der Waals surface area contributed by atoms with Crippen LogP contribution >= 0.6 is 0 Å². The number of aryl methyl sites for hydroxylation is 1. The Labute approximate surface area is 100 Å². The summed E-state index contributed by atoms with van der Waals surface area (Å²) in [7, 11) is -1.23. The molecule has 17 heavy (non-hydrogen) atoms. The van der Waals surface area contributed by atoms with Crippen molar-refractivity contribution in [1.82, 2.24) is 4.57 Å². The second-order valence-electron chi connectivity index (χ2n) is 4.46. The van der Waals surface area contributed by atoms with E-state index in [1.807, 2.05) is 0 Å². The third-order valence-corrected chi connectivity index (χ3v) is 4.74. The summed E-state index contributed by atoms with van der Waals surface area (Å²) in [5, 5.41) is 3.17. The molecule has 0 radical (unpaired) electrons. The summed E-state index contributed by atoms with van der Waals surface area (Å²) in [6.07, 6.45) is 3.23. The topological polar surface area (TPSA) is 68.2 Å². The van der Waals surface area contributed by atoms with Crippen LogP contribution in [0.4, 0.5) is 5.69 Å². The quantitative estimate of drug-likeness (QED) is 0.830. The SMILES string of the molecule is Cn1cc(NC2CCCS(=O)(=O)C2)ccc1=O. The maximum absolute atomic E-state index is 11.5. The average Bonchev–Trinajstić information content (AvgIpc) is 2.22. The Morgan fingerprint density at radius 3 is 2.82 bits per heavy atom. The average molecular weight is 256 g/mol. The Balaban J connectivity index is 2.10. The standard InChI is InChI=1S/C11H16N2O3S/c1-13-7-9(4-5-11(13)14)12-10-3-2-6-17(15,16)8-10/h4-5,7,10,12H,2-3,6,8H2,1H3. The van der Waals surface area contributed by atoms with Crippen molar-refractivity contribution in [3.63, 3.8) is 0 Å². The number of hydrogen-bond donors (Lipinski definition) is 1. The first kappa shape index (κ1) is 12.2. The van der Waals surface area contributed by atoms with E-state index in [1.165, 1.54) is 10.6 Å². The van der Waals surface area contributed by atoms with Crippen LogP contribution in [-0.4, -0.2) is 30.5 Å². The Morgan fingerprint density at radius 1 is 1.41 bits per heavy atom. The van der Waals surface area contributed by atoms with Gasteiger partial charge in [0.1, 0.15) is 0 Å². The van der Waals surface area contributed by atoms with Gasteiger partial charge >= 0.3 is 0 Å². The van der Waals surface area contributed by atoms with Gasteiger partial charge in [-0.25, -0.2) is 8.42 Å². The lowest BCUT2D eigenvalue weighted by molar-refractivity contribution is 0.562. The molecule has 1 aliphatic heterocycles. The van der Waals surface area contributed by atoms with Crippen LogP contribution in [0, 0.1) is 0 Å². The Bertz CT molecular complexity index is 562. The van der Waals surface area contributed by atoms with Crippen LogP contribution in [0.2, 0.25) is 0 Å². The molecule has 2 heterocycles. The smallest absolute Gasteiger partial charge is 0.250 e. The van der Waals surface area contributed by atoms with Crippen molar-refractivity contribution in [1.29, 1.82) is 0 Å². The molecule has 1 saturated heterocycles. The lowest BCUT2D eigenvalue weighted by Crippen LogP contribution is -2.35. The highest BCUT2D eigenvalue weighted by Crippen LogP contribution is 2.16. The van der Waals surface area contributed by atoms with E-state index in [-0.39, 0.29) is 17.4 Å². The van der Waals surface area contributed by atoms with E-state index < -0.39 is 9.84 Å². The van der Waals surface area contributed by atoms with Gasteiger partial charge in [0.15, 0.2) is 9.84 Å². The van der Waals surface area contributed by atoms with Crippen molar-refractivity contribution in [3.05, 3.63) is 28.7 Å². The third-order valence-electron chi connectivity index (χ3n) is 2.92. The lowest BCUT2D eigenvalue weighted by Gasteiger charge is -2.24. The van der Waals surface area contributed by atoms with E-state index >= 15 is 0 Å². The minimum atomic E-state index is -2.90. The molecule has 0 aliphatic carbocycles. The number of sulfone groups is 1. The molecule has 1 aromatic heterocycles. The zero-order chi connectivity index (χ0) is 12.5. The number of nitrogens with zero attached hydrogens (tertiary/aromatic N) is 1. The molecule has 94 valence electrons. The molecule has 0 saturated carbocycles. The largest absolute Gasteiger partial charge is 0.380 e. The van der Waals surface area contributed by atoms with Crippen LogP contribution in [-0.2, 0) is 16.9 Å². The number of aromatic nitrogens is 1. The molecule has 2 rings (SSSR count). The number of pyridine rings is 1. The first-order chi connectivity index (χ1) is 7.96. The summed E-state index contributed by atoms with van der Waals surface area (Å²) in [6.45, 7) is 0. The molecular formula is C11H16N2O3S. The highest BCUT2D eigenvalue weighted by molar-refractivity contribution is 7.91. The summed E-state index contributed by atoms with van der Waals surface area (Å²) in [4.78, 5) is 11.2. The second-order valence-corrected chi connectivity index (χ2v) is 6.69. The maximum Gasteiger partial charge on any atom is 0.250 e. The summed E-state index contributed by atoms with van der Waals surface area (Å²) in [5.41, 5.74) is 0.709. The first-order valence-corrected chi connectivity index (χ1v) is 7.42. The number of hydrogen-bond acceptors (Lipinski definition) is 4. The number of nitrogens with one attached hydrogen (secondary N) is 1. The van der Waals surface area contributed by atoms with Crippen molar-refractivity contribution in [2.24, 2.45) is 7.05 Å². The van der Waals surface area contributed by atoms with Gasteiger partial charge in [0, 0.05) is 25.4 Å². The van der Waals surface area contributed by atoms with Gasteiger partial charge in [-0.1, -0.05) is 0 Å². The van der Waals surface area contributed by atoms with Crippen molar-refractivity contribution >= 4 is 15.5 Å². The Kier molecular flexibility index (Phi) is 3.24. The van der Waals surface area contributed by atoms with Crippen molar-refractivity contribution < 1.29 is 8.42 Å². The summed E-state index contributed by atoms with van der Waals surface area (Å²) < 4.78 is 24.4. The number of anilines is 1. The molecule has 0 amide bonds. The van der Waals surface area contributed by atoms with Crippen LogP contribution < -0.4 is 10.9 Å². The van der Waals surface area contributed by atoms with Gasteiger partial charge in [0.25, 0.3) is 0 Å². The predicted molar refractivity (Wildman–Crippen MR) is 67.0 cm³/mol. The van der Waals surface area contributed by atoms with Crippen LogP contribution in [0.25, 0.3) is 0 Å². The van der Waals surface area contributed by atoms with Crippen LogP contribution in [0.1, 0.15) is 12.8 Å². The fraction of sp³-hybridized carbons (Fsp3) is 0.545. The predicted octanol–water partition coefficient (Wildman–Crippen LogP) is 0.374. The minimum Gasteiger partial charge on any atom is -0.380 e. The molecule has 1 aliphatic rings. The van der Waals surface area contributed by atoms with Gasteiger partial charge in [0.05, 0.1) is 17.2 Å². The van der Waals surface area contributed by atoms with E-state index in [0.717, 1.165) is 12.1 Å². The highest BCUT2D eigenvalue weighted by Gasteiger charge is 2.24. The molecule has 5 nitrogen and oxygen atoms in total. The summed E-state index contributed by atoms with van der Waals surface area (Å²) in [5.74, 6) is 0.467. The van der Waals surface area contributed by atoms with Gasteiger partial charge in [-0.15, -0.1) is 0 Å². The second kappa shape index (κ2) is 4.52. The molecule has 0 bridgehead atoms. The lowest BCUT2D eigenvalue weighted by atomic mass is 10.2. The molecule has 6 heteroatoms. The summed E-state index contributed by atoms with van der Waals surface area (Å²) >= 11 is 0. The minimum absolute atomic E-state index is 0.0498. The molecule has 1 fully saturated rings. The van der Waals surface area contributed by atoms with Crippen LogP contribution in [0.15, 0.2) is 23.1 Å². The third kappa shape index (κ3) is 3.09. The van der Waals surface area contributed by atoms with Gasteiger partial charge in [-0.3, -0.25) is 4.79 Å². The zero-order valence-electron chi connectivity index (χ0n) is 9.72. The fourth-order valence-electron chi connectivity index (χ4n) is 2.05. The summed E-state index contributed by atoms with van der Waals surface area (Å²) in [6, 6.07) is 3.11. The van der Waals surface area contributed by atoms with Crippen LogP contribution in [0.3, 0.4) is 0 Å². The normalized spacial score (nSPS) is 23.2. The molecule has 1 aromatic rings. The molecule has 1 unspecified atom stereocenters. The van der Waals surface area contributed by atoms with Crippen molar-refractivity contribution in [3.8, 4) is 0 Å². The van der Waals surface area contributed by atoms with E-state index in [1.54, 1.807) is 19.3 Å². The van der Waals surface area contributed by atoms with Crippen molar-refractivity contribution in [2.45, 2.75) is 18.9 Å². The number of rotatable bonds is 2. The fourth-order valence-corrected chi connectivity index (χ4v) is 3.69. The molecule has 0 spiro atoms. The molecule has 1 atom stereocenters. The molecular weight excluding hydrogens is 240 g/mol. The Morgan fingerprint density at radius 2 is 2.18 bits per heavy atom. The van der Waals surface area contributed by atoms with E-state index in [9.17, 15) is 13.2 Å². The molecule has 1 N–H and O–H groups in total. The first-order valence-electron chi connectivity index (χ1n) is 5.60. The molecule has 0 aromatic carbocycles. The van der Waals surface area contributed by atoms with Gasteiger partial charge in [-0.2, -0.15) is 0 Å². The van der Waals surface area contributed by atoms with E-state index in [2.05, 4.69) is 5.32 Å². The highest BCUT2D eigenvalue weighted by atomic mass is 32.2. The Hall–Kier alpha value is -1.30. The van der Waals surface area contributed by atoms with E-state index in [0.29, 0.717) is 12.2 Å². The van der Waals surface area contributed by atoms with Crippen LogP contribution in [0.5, 0.6) is 0 Å². The van der Waals surface area contributed by atoms with Gasteiger partial charge in [0.2, 0.25) is 5.56 Å². The maximum atomic E-state index is 11.5. The zero-order valence-corrected chi connectivity index (χ0v) is 10.5. The van der Waals surface area contributed by atoms with Gasteiger partial charge in [-0.05, 0) is 18.9 Å². The van der Waals surface area contributed by atoms with Gasteiger partial charge < -0.3 is 9.88 Å².